The number of ether oxygens (including phenoxy) is 2. The summed E-state index contributed by atoms with van der Waals surface area (Å²) in [5, 5.41) is 12.1. The van der Waals surface area contributed by atoms with Crippen LogP contribution >= 0.6 is 55.6 Å². The van der Waals surface area contributed by atoms with Gasteiger partial charge in [-0.2, -0.15) is 5.10 Å². The summed E-state index contributed by atoms with van der Waals surface area (Å²) in [4.78, 5) is 6.11. The number of methoxy groups -OCH3 is 2. The van der Waals surface area contributed by atoms with Crippen LogP contribution in [0.3, 0.4) is 0 Å². The molecule has 4 aromatic rings. The second kappa shape index (κ2) is 10.4. The van der Waals surface area contributed by atoms with E-state index in [9.17, 15) is 0 Å². The number of rotatable bonds is 6. The molecule has 5 rings (SSSR count). The van der Waals surface area contributed by atoms with Gasteiger partial charge in [-0.15, -0.1) is 39.7 Å². The van der Waals surface area contributed by atoms with E-state index in [0.717, 1.165) is 38.6 Å². The van der Waals surface area contributed by atoms with Crippen LogP contribution in [0.15, 0.2) is 74.9 Å². The first-order valence-electron chi connectivity index (χ1n) is 10.00. The quantitative estimate of drug-likeness (QED) is 0.227. The Morgan fingerprint density at radius 1 is 1.00 bits per heavy atom. The van der Waals surface area contributed by atoms with Gasteiger partial charge in [0.25, 0.3) is 0 Å². The molecule has 0 aliphatic carbocycles. The summed E-state index contributed by atoms with van der Waals surface area (Å²) < 4.78 is 12.0. The van der Waals surface area contributed by atoms with Gasteiger partial charge in [-0.05, 0) is 41.3 Å². The van der Waals surface area contributed by atoms with Crippen molar-refractivity contribution in [2.45, 2.75) is 12.5 Å². The van der Waals surface area contributed by atoms with Gasteiger partial charge >= 0.3 is 0 Å². The molecule has 170 valence electrons. The highest BCUT2D eigenvalue weighted by Gasteiger charge is 2.32. The van der Waals surface area contributed by atoms with Crippen molar-refractivity contribution in [3.8, 4) is 22.8 Å². The summed E-state index contributed by atoms with van der Waals surface area (Å²) in [5.41, 5.74) is 4.21. The predicted molar refractivity (Wildman–Crippen MR) is 146 cm³/mol. The van der Waals surface area contributed by atoms with Gasteiger partial charge in [0, 0.05) is 21.8 Å². The lowest BCUT2D eigenvalue weighted by Gasteiger charge is -2.22. The minimum atomic E-state index is 0. The Balaban J connectivity index is 0.00000259. The number of benzene rings is 2. The van der Waals surface area contributed by atoms with Crippen LogP contribution in [0.25, 0.3) is 11.3 Å². The fourth-order valence-electron chi connectivity index (χ4n) is 3.72. The van der Waals surface area contributed by atoms with E-state index in [0.29, 0.717) is 11.5 Å². The molecule has 5 nitrogen and oxygen atoms in total. The van der Waals surface area contributed by atoms with E-state index in [4.69, 9.17) is 19.6 Å². The van der Waals surface area contributed by atoms with Gasteiger partial charge < -0.3 is 9.47 Å². The number of hydrazone groups is 1. The maximum absolute atomic E-state index is 5.55. The van der Waals surface area contributed by atoms with Gasteiger partial charge in [0.2, 0.25) is 5.13 Å². The predicted octanol–water partition coefficient (Wildman–Crippen LogP) is 7.58. The number of aromatic nitrogens is 1. The maximum Gasteiger partial charge on any atom is 0.207 e. The third-order valence-electron chi connectivity index (χ3n) is 5.34. The lowest BCUT2D eigenvalue weighted by atomic mass is 10.0. The van der Waals surface area contributed by atoms with Crippen molar-refractivity contribution >= 4 is 66.4 Å². The second-order valence-electron chi connectivity index (χ2n) is 7.23. The molecule has 3 heterocycles. The van der Waals surface area contributed by atoms with Crippen molar-refractivity contribution in [1.29, 1.82) is 0 Å². The Hall–Kier alpha value is -2.20. The first-order chi connectivity index (χ1) is 15.7. The Morgan fingerprint density at radius 2 is 1.79 bits per heavy atom. The van der Waals surface area contributed by atoms with E-state index in [1.165, 1.54) is 4.88 Å². The Labute approximate surface area is 219 Å². The largest absolute Gasteiger partial charge is 0.493 e. The Kier molecular flexibility index (Phi) is 7.53. The monoisotopic (exact) mass is 605 g/mol. The van der Waals surface area contributed by atoms with E-state index in [2.05, 4.69) is 57.0 Å². The zero-order chi connectivity index (χ0) is 22.1. The number of nitrogens with zero attached hydrogens (tertiary/aromatic N) is 3. The van der Waals surface area contributed by atoms with Gasteiger partial charge in [-0.25, -0.2) is 9.99 Å². The van der Waals surface area contributed by atoms with E-state index in [-0.39, 0.29) is 23.0 Å². The minimum absolute atomic E-state index is 0. The molecule has 1 aliphatic rings. The number of anilines is 1. The summed E-state index contributed by atoms with van der Waals surface area (Å²) >= 11 is 6.81. The fraction of sp³-hybridized carbons (Fsp3) is 0.167. The summed E-state index contributed by atoms with van der Waals surface area (Å²) in [5.74, 6) is 1.43. The van der Waals surface area contributed by atoms with E-state index < -0.39 is 0 Å². The number of hydrogen-bond donors (Lipinski definition) is 0. The molecule has 0 spiro atoms. The van der Waals surface area contributed by atoms with Crippen molar-refractivity contribution in [3.05, 3.63) is 80.3 Å². The molecule has 9 heteroatoms. The zero-order valence-electron chi connectivity index (χ0n) is 17.9. The molecule has 1 atom stereocenters. The summed E-state index contributed by atoms with van der Waals surface area (Å²) in [6, 6.07) is 18.5. The van der Waals surface area contributed by atoms with Crippen molar-refractivity contribution in [3.63, 3.8) is 0 Å². The molecule has 2 aromatic carbocycles. The molecule has 0 fully saturated rings. The highest BCUT2D eigenvalue weighted by Crippen LogP contribution is 2.42. The molecule has 0 radical (unpaired) electrons. The summed E-state index contributed by atoms with van der Waals surface area (Å²) in [6.07, 6.45) is 0.795. The van der Waals surface area contributed by atoms with Gasteiger partial charge in [-0.1, -0.05) is 40.2 Å². The van der Waals surface area contributed by atoms with Gasteiger partial charge in [0.1, 0.15) is 0 Å². The molecule has 33 heavy (non-hydrogen) atoms. The van der Waals surface area contributed by atoms with Crippen molar-refractivity contribution in [1.82, 2.24) is 4.98 Å². The van der Waals surface area contributed by atoms with Crippen LogP contribution in [-0.4, -0.2) is 24.9 Å². The van der Waals surface area contributed by atoms with Crippen LogP contribution in [0.2, 0.25) is 0 Å². The highest BCUT2D eigenvalue weighted by molar-refractivity contribution is 9.10. The maximum atomic E-state index is 5.55. The average molecular weight is 607 g/mol. The van der Waals surface area contributed by atoms with Crippen LogP contribution in [-0.2, 0) is 0 Å². The van der Waals surface area contributed by atoms with Crippen molar-refractivity contribution < 1.29 is 9.47 Å². The second-order valence-corrected chi connectivity index (χ2v) is 9.93. The van der Waals surface area contributed by atoms with Crippen LogP contribution in [0.5, 0.6) is 11.5 Å². The average Bonchev–Trinajstić information content (AvgIpc) is 3.59. The normalized spacial score (nSPS) is 15.2. The lowest BCUT2D eigenvalue weighted by molar-refractivity contribution is 0.354. The van der Waals surface area contributed by atoms with E-state index in [1.807, 2.05) is 29.3 Å². The van der Waals surface area contributed by atoms with Gasteiger partial charge in [0.05, 0.1) is 36.5 Å². The first-order valence-corrected chi connectivity index (χ1v) is 12.6. The molecule has 0 N–H and O–H groups in total. The third-order valence-corrected chi connectivity index (χ3v) is 7.61. The molecule has 1 aliphatic heterocycles. The fourth-order valence-corrected chi connectivity index (χ4v) is 5.54. The van der Waals surface area contributed by atoms with Crippen LogP contribution in [0.4, 0.5) is 5.13 Å². The van der Waals surface area contributed by atoms with Crippen LogP contribution < -0.4 is 14.5 Å². The topological polar surface area (TPSA) is 47.0 Å². The number of hydrogen-bond acceptors (Lipinski definition) is 7. The standard InChI is InChI=1S/C24H20BrN3O2S2.BrH/c1-29-21-10-7-16(12-22(21)30-2)20-13-18(23-4-3-11-31-23)27-28(20)24-26-19(14-32-24)15-5-8-17(25)9-6-15;/h3-12,14,20H,13H2,1-2H3;1H. The zero-order valence-corrected chi connectivity index (χ0v) is 22.8. The first kappa shape index (κ1) is 23.9. The molecular formula is C24H21Br2N3O2S2. The molecule has 0 bridgehead atoms. The van der Waals surface area contributed by atoms with Gasteiger partial charge in [-0.3, -0.25) is 0 Å². The lowest BCUT2D eigenvalue weighted by Crippen LogP contribution is -2.18. The van der Waals surface area contributed by atoms with Crippen molar-refractivity contribution in [2.24, 2.45) is 5.10 Å². The molecule has 1 unspecified atom stereocenters. The summed E-state index contributed by atoms with van der Waals surface area (Å²) in [6.45, 7) is 0. The summed E-state index contributed by atoms with van der Waals surface area (Å²) in [7, 11) is 3.31. The molecule has 0 saturated carbocycles. The molecular weight excluding hydrogens is 586 g/mol. The number of thiophene rings is 1. The van der Waals surface area contributed by atoms with Crippen molar-refractivity contribution in [2.75, 3.05) is 19.2 Å². The molecule has 2 aromatic heterocycles. The van der Waals surface area contributed by atoms with Crippen LogP contribution in [0, 0.1) is 0 Å². The Bertz CT molecular complexity index is 1260. The van der Waals surface area contributed by atoms with E-state index in [1.54, 1.807) is 36.9 Å². The van der Waals surface area contributed by atoms with E-state index >= 15 is 0 Å². The molecule has 0 saturated heterocycles. The minimum Gasteiger partial charge on any atom is -0.493 e. The van der Waals surface area contributed by atoms with Gasteiger partial charge in [0.15, 0.2) is 11.5 Å². The van der Waals surface area contributed by atoms with Crippen LogP contribution in [0.1, 0.15) is 22.9 Å². The Morgan fingerprint density at radius 3 is 2.48 bits per heavy atom. The SMILES string of the molecule is Br.COc1ccc(C2CC(c3cccs3)=NN2c2nc(-c3ccc(Br)cc3)cs2)cc1OC. The molecule has 0 amide bonds. The third kappa shape index (κ3) is 4.87. The smallest absolute Gasteiger partial charge is 0.207 e. The highest BCUT2D eigenvalue weighted by atomic mass is 79.9. The number of thiazole rings is 1. The number of halogens is 2.